The predicted octanol–water partition coefficient (Wildman–Crippen LogP) is 4.47. The summed E-state index contributed by atoms with van der Waals surface area (Å²) in [6.07, 6.45) is 0. The maximum Gasteiger partial charge on any atom is 0.244 e. The van der Waals surface area contributed by atoms with Crippen LogP contribution in [-0.2, 0) is 10.0 Å². The van der Waals surface area contributed by atoms with Crippen molar-refractivity contribution in [3.63, 3.8) is 0 Å². The smallest absolute Gasteiger partial charge is 0.244 e. The number of benzene rings is 2. The summed E-state index contributed by atoms with van der Waals surface area (Å²) in [6, 6.07) is 10.9. The molecule has 1 aliphatic rings. The summed E-state index contributed by atoms with van der Waals surface area (Å²) in [5.74, 6) is 0. The van der Waals surface area contributed by atoms with E-state index in [1.807, 2.05) is 19.1 Å². The number of piperazine rings is 1. The van der Waals surface area contributed by atoms with Crippen LogP contribution in [-0.4, -0.2) is 38.9 Å². The van der Waals surface area contributed by atoms with Gasteiger partial charge in [0.05, 0.1) is 15.1 Å². The number of hydrogen-bond donors (Lipinski definition) is 0. The molecule has 3 rings (SSSR count). The van der Waals surface area contributed by atoms with Crippen LogP contribution in [0.4, 0.5) is 5.69 Å². The van der Waals surface area contributed by atoms with Gasteiger partial charge in [-0.1, -0.05) is 52.5 Å². The molecule has 0 unspecified atom stereocenters. The van der Waals surface area contributed by atoms with Gasteiger partial charge in [0.2, 0.25) is 10.0 Å². The zero-order valence-electron chi connectivity index (χ0n) is 13.5. The molecule has 0 saturated carbocycles. The largest absolute Gasteiger partial charge is 0.369 e. The zero-order chi connectivity index (χ0) is 18.2. The van der Waals surface area contributed by atoms with Gasteiger partial charge in [0.1, 0.15) is 4.90 Å². The molecule has 0 N–H and O–H groups in total. The normalized spacial score (nSPS) is 16.2. The summed E-state index contributed by atoms with van der Waals surface area (Å²) in [4.78, 5) is 2.16. The number of rotatable bonds is 3. The van der Waals surface area contributed by atoms with Crippen LogP contribution >= 0.6 is 34.8 Å². The third-order valence-corrected chi connectivity index (χ3v) is 7.32. The molecular formula is C17H17Cl3N2O2S. The Hall–Kier alpha value is -0.980. The Labute approximate surface area is 162 Å². The molecule has 8 heteroatoms. The van der Waals surface area contributed by atoms with Crippen molar-refractivity contribution in [2.24, 2.45) is 0 Å². The first-order valence-corrected chi connectivity index (χ1v) is 10.3. The van der Waals surface area contributed by atoms with Gasteiger partial charge in [-0.15, -0.1) is 0 Å². The summed E-state index contributed by atoms with van der Waals surface area (Å²) >= 11 is 17.9. The molecule has 0 bridgehead atoms. The fourth-order valence-corrected chi connectivity index (χ4v) is 5.18. The third kappa shape index (κ3) is 3.91. The SMILES string of the molecule is Cc1ccc(N2CCN(S(=O)(=O)c3cc(Cl)c(Cl)cc3Cl)CC2)cc1. The van der Waals surface area contributed by atoms with Crippen LogP contribution in [0, 0.1) is 6.92 Å². The number of sulfonamides is 1. The predicted molar refractivity (Wildman–Crippen MR) is 104 cm³/mol. The van der Waals surface area contributed by atoms with E-state index in [9.17, 15) is 8.42 Å². The van der Waals surface area contributed by atoms with Crippen molar-refractivity contribution in [2.45, 2.75) is 11.8 Å². The minimum atomic E-state index is -3.71. The standard InChI is InChI=1S/C17H17Cl3N2O2S/c1-12-2-4-13(5-3-12)21-6-8-22(9-7-21)25(23,24)17-11-15(19)14(18)10-16(17)20/h2-5,10-11H,6-9H2,1H3. The lowest BCUT2D eigenvalue weighted by Gasteiger charge is -2.35. The molecule has 2 aromatic carbocycles. The maximum atomic E-state index is 12.9. The van der Waals surface area contributed by atoms with E-state index >= 15 is 0 Å². The van der Waals surface area contributed by atoms with Gasteiger partial charge in [-0.25, -0.2) is 8.42 Å². The second-order valence-corrected chi connectivity index (χ2v) is 9.05. The van der Waals surface area contributed by atoms with Gasteiger partial charge in [-0.2, -0.15) is 4.31 Å². The molecule has 1 heterocycles. The second-order valence-electron chi connectivity index (χ2n) is 5.92. The average molecular weight is 420 g/mol. The molecule has 1 fully saturated rings. The van der Waals surface area contributed by atoms with Gasteiger partial charge >= 0.3 is 0 Å². The van der Waals surface area contributed by atoms with E-state index in [2.05, 4.69) is 17.0 Å². The number of hydrogen-bond acceptors (Lipinski definition) is 3. The van der Waals surface area contributed by atoms with E-state index in [0.29, 0.717) is 26.2 Å². The molecule has 0 amide bonds. The van der Waals surface area contributed by atoms with E-state index in [-0.39, 0.29) is 20.0 Å². The van der Waals surface area contributed by atoms with Crippen molar-refractivity contribution in [2.75, 3.05) is 31.1 Å². The molecule has 25 heavy (non-hydrogen) atoms. The Morgan fingerprint density at radius 1 is 0.840 bits per heavy atom. The van der Waals surface area contributed by atoms with Gasteiger partial charge in [0.25, 0.3) is 0 Å². The minimum Gasteiger partial charge on any atom is -0.369 e. The molecule has 0 spiro atoms. The zero-order valence-corrected chi connectivity index (χ0v) is 16.6. The van der Waals surface area contributed by atoms with E-state index in [4.69, 9.17) is 34.8 Å². The van der Waals surface area contributed by atoms with Crippen molar-refractivity contribution in [3.8, 4) is 0 Å². The second kappa shape index (κ2) is 7.33. The van der Waals surface area contributed by atoms with Crippen LogP contribution in [0.2, 0.25) is 15.1 Å². The van der Waals surface area contributed by atoms with Crippen molar-refractivity contribution in [1.82, 2.24) is 4.31 Å². The monoisotopic (exact) mass is 418 g/mol. The number of nitrogens with zero attached hydrogens (tertiary/aromatic N) is 2. The molecule has 0 aliphatic carbocycles. The minimum absolute atomic E-state index is 0.00708. The maximum absolute atomic E-state index is 12.9. The quantitative estimate of drug-likeness (QED) is 0.689. The third-order valence-electron chi connectivity index (χ3n) is 4.23. The Morgan fingerprint density at radius 3 is 2.00 bits per heavy atom. The molecule has 4 nitrogen and oxygen atoms in total. The topological polar surface area (TPSA) is 40.6 Å². The van der Waals surface area contributed by atoms with Crippen molar-refractivity contribution in [1.29, 1.82) is 0 Å². The van der Waals surface area contributed by atoms with Crippen molar-refractivity contribution in [3.05, 3.63) is 57.0 Å². The first-order valence-electron chi connectivity index (χ1n) is 7.75. The van der Waals surface area contributed by atoms with Crippen molar-refractivity contribution >= 4 is 50.5 Å². The summed E-state index contributed by atoms with van der Waals surface area (Å²) in [6.45, 7) is 4.03. The highest BCUT2D eigenvalue weighted by molar-refractivity contribution is 7.89. The molecular weight excluding hydrogens is 403 g/mol. The van der Waals surface area contributed by atoms with Gasteiger partial charge in [-0.05, 0) is 31.2 Å². The van der Waals surface area contributed by atoms with Crippen LogP contribution in [0.1, 0.15) is 5.56 Å². The lowest BCUT2D eigenvalue weighted by molar-refractivity contribution is 0.385. The summed E-state index contributed by atoms with van der Waals surface area (Å²) in [7, 11) is -3.71. The van der Waals surface area contributed by atoms with Crippen LogP contribution < -0.4 is 4.90 Å². The van der Waals surface area contributed by atoms with Crippen LogP contribution in [0.3, 0.4) is 0 Å². The molecule has 2 aromatic rings. The van der Waals surface area contributed by atoms with Crippen molar-refractivity contribution < 1.29 is 8.42 Å². The highest BCUT2D eigenvalue weighted by Crippen LogP contribution is 2.33. The number of anilines is 1. The highest BCUT2D eigenvalue weighted by Gasteiger charge is 2.30. The molecule has 0 radical (unpaired) electrons. The Morgan fingerprint density at radius 2 is 1.40 bits per heavy atom. The fourth-order valence-electron chi connectivity index (χ4n) is 2.78. The highest BCUT2D eigenvalue weighted by atomic mass is 35.5. The molecule has 0 atom stereocenters. The summed E-state index contributed by atoms with van der Waals surface area (Å²) in [5, 5.41) is 0.480. The van der Waals surface area contributed by atoms with Gasteiger partial charge in [0.15, 0.2) is 0 Å². The first kappa shape index (κ1) is 18.8. The molecule has 1 saturated heterocycles. The molecule has 1 aliphatic heterocycles. The van der Waals surface area contributed by atoms with E-state index in [1.165, 1.54) is 22.0 Å². The van der Waals surface area contributed by atoms with Gasteiger partial charge in [0, 0.05) is 31.9 Å². The van der Waals surface area contributed by atoms with E-state index < -0.39 is 10.0 Å². The summed E-state index contributed by atoms with van der Waals surface area (Å²) < 4.78 is 27.2. The Kier molecular flexibility index (Phi) is 5.51. The fraction of sp³-hybridized carbons (Fsp3) is 0.294. The van der Waals surface area contributed by atoms with E-state index in [1.54, 1.807) is 0 Å². The Bertz CT molecular complexity index is 878. The molecule has 134 valence electrons. The van der Waals surface area contributed by atoms with Crippen LogP contribution in [0.25, 0.3) is 0 Å². The number of halogens is 3. The summed E-state index contributed by atoms with van der Waals surface area (Å²) in [5.41, 5.74) is 2.29. The van der Waals surface area contributed by atoms with Crippen LogP contribution in [0.5, 0.6) is 0 Å². The number of aryl methyl sites for hydroxylation is 1. The van der Waals surface area contributed by atoms with E-state index in [0.717, 1.165) is 5.69 Å². The molecule has 0 aromatic heterocycles. The Balaban J connectivity index is 1.78. The first-order chi connectivity index (χ1) is 11.8. The van der Waals surface area contributed by atoms with Crippen LogP contribution in [0.15, 0.2) is 41.3 Å². The lowest BCUT2D eigenvalue weighted by Crippen LogP contribution is -2.48. The van der Waals surface area contributed by atoms with Gasteiger partial charge < -0.3 is 4.90 Å². The average Bonchev–Trinajstić information content (AvgIpc) is 2.59. The lowest BCUT2D eigenvalue weighted by atomic mass is 10.2. The van der Waals surface area contributed by atoms with Gasteiger partial charge in [-0.3, -0.25) is 0 Å².